The molecule has 136 valence electrons. The van der Waals surface area contributed by atoms with E-state index < -0.39 is 9.84 Å². The third-order valence-corrected chi connectivity index (χ3v) is 5.61. The van der Waals surface area contributed by atoms with Gasteiger partial charge in [-0.05, 0) is 42.7 Å². The molecule has 0 unspecified atom stereocenters. The summed E-state index contributed by atoms with van der Waals surface area (Å²) in [6.45, 7) is 1.89. The van der Waals surface area contributed by atoms with Gasteiger partial charge in [0.15, 0.2) is 9.84 Å². The Morgan fingerprint density at radius 1 is 1.12 bits per heavy atom. The average Bonchev–Trinajstić information content (AvgIpc) is 3.02. The highest BCUT2D eigenvalue weighted by Crippen LogP contribution is 2.20. The number of fused-ring (bicyclic) bond motifs is 1. The van der Waals surface area contributed by atoms with Gasteiger partial charge >= 0.3 is 0 Å². The van der Waals surface area contributed by atoms with Crippen LogP contribution in [0.2, 0.25) is 0 Å². The van der Waals surface area contributed by atoms with E-state index in [1.165, 1.54) is 6.26 Å². The standard InChI is InChI=1S/C20H22N2O3S/c1-14(15-7-10-17(11-8-15)26(2,24)25)22-20(23)12-9-16-13-21-19-6-4-3-5-18(16)19/h3-8,10-11,13-14,21H,9,12H2,1-2H3,(H,22,23)/t14-/m0/s1. The van der Waals surface area contributed by atoms with E-state index in [1.807, 2.05) is 37.4 Å². The minimum atomic E-state index is -3.21. The summed E-state index contributed by atoms with van der Waals surface area (Å²) < 4.78 is 23.0. The molecule has 1 amide bonds. The normalized spacial score (nSPS) is 12.8. The Morgan fingerprint density at radius 3 is 2.50 bits per heavy atom. The number of H-pyrrole nitrogens is 1. The van der Waals surface area contributed by atoms with Crippen LogP contribution in [0.5, 0.6) is 0 Å². The zero-order valence-electron chi connectivity index (χ0n) is 14.8. The Balaban J connectivity index is 1.59. The van der Waals surface area contributed by atoms with E-state index in [-0.39, 0.29) is 16.8 Å². The van der Waals surface area contributed by atoms with Crippen LogP contribution in [0.3, 0.4) is 0 Å². The lowest BCUT2D eigenvalue weighted by atomic mass is 10.1. The molecule has 0 aliphatic rings. The van der Waals surface area contributed by atoms with E-state index in [4.69, 9.17) is 0 Å². The van der Waals surface area contributed by atoms with E-state index in [2.05, 4.69) is 10.3 Å². The van der Waals surface area contributed by atoms with Crippen molar-refractivity contribution < 1.29 is 13.2 Å². The molecule has 2 N–H and O–H groups in total. The first-order chi connectivity index (χ1) is 12.3. The lowest BCUT2D eigenvalue weighted by Gasteiger charge is -2.14. The fourth-order valence-electron chi connectivity index (χ4n) is 2.99. The Bertz CT molecular complexity index is 1020. The molecule has 0 spiro atoms. The minimum absolute atomic E-state index is 0.0324. The number of nitrogens with one attached hydrogen (secondary N) is 2. The van der Waals surface area contributed by atoms with Crippen LogP contribution < -0.4 is 5.32 Å². The third-order valence-electron chi connectivity index (χ3n) is 4.48. The number of aromatic amines is 1. The summed E-state index contributed by atoms with van der Waals surface area (Å²) in [6, 6.07) is 14.5. The molecule has 3 aromatic rings. The molecule has 1 atom stereocenters. The highest BCUT2D eigenvalue weighted by Gasteiger charge is 2.12. The average molecular weight is 370 g/mol. The molecule has 1 aromatic heterocycles. The number of sulfone groups is 1. The van der Waals surface area contributed by atoms with Crippen LogP contribution in [0.1, 0.15) is 30.5 Å². The first-order valence-electron chi connectivity index (χ1n) is 8.49. The summed E-state index contributed by atoms with van der Waals surface area (Å²) in [7, 11) is -3.21. The summed E-state index contributed by atoms with van der Waals surface area (Å²) in [5, 5.41) is 4.11. The first kappa shape index (κ1) is 18.2. The molecule has 1 heterocycles. The quantitative estimate of drug-likeness (QED) is 0.698. The maximum absolute atomic E-state index is 12.3. The molecule has 0 fully saturated rings. The molecular formula is C20H22N2O3S. The van der Waals surface area contributed by atoms with Crippen LogP contribution in [0, 0.1) is 0 Å². The summed E-state index contributed by atoms with van der Waals surface area (Å²) in [6.07, 6.45) is 4.19. The number of para-hydroxylation sites is 1. The summed E-state index contributed by atoms with van der Waals surface area (Å²) in [5.74, 6) is -0.0324. The van der Waals surface area contributed by atoms with Crippen LogP contribution in [0.25, 0.3) is 10.9 Å². The van der Waals surface area contributed by atoms with Crippen molar-refractivity contribution in [2.24, 2.45) is 0 Å². The number of carbonyl (C=O) groups excluding carboxylic acids is 1. The van der Waals surface area contributed by atoms with Crippen LogP contribution >= 0.6 is 0 Å². The van der Waals surface area contributed by atoms with Crippen LogP contribution in [0.4, 0.5) is 0 Å². The van der Waals surface area contributed by atoms with Gasteiger partial charge in [0.1, 0.15) is 0 Å². The smallest absolute Gasteiger partial charge is 0.220 e. The molecule has 5 nitrogen and oxygen atoms in total. The van der Waals surface area contributed by atoms with Gasteiger partial charge < -0.3 is 10.3 Å². The van der Waals surface area contributed by atoms with Crippen molar-refractivity contribution >= 4 is 26.6 Å². The van der Waals surface area contributed by atoms with Crippen molar-refractivity contribution in [3.05, 3.63) is 65.9 Å². The summed E-state index contributed by atoms with van der Waals surface area (Å²) in [4.78, 5) is 15.8. The fourth-order valence-corrected chi connectivity index (χ4v) is 3.62. The lowest BCUT2D eigenvalue weighted by molar-refractivity contribution is -0.121. The predicted octanol–water partition coefficient (Wildman–Crippen LogP) is 3.38. The second-order valence-electron chi connectivity index (χ2n) is 6.49. The van der Waals surface area contributed by atoms with E-state index in [9.17, 15) is 13.2 Å². The molecule has 6 heteroatoms. The monoisotopic (exact) mass is 370 g/mol. The molecule has 0 saturated carbocycles. The van der Waals surface area contributed by atoms with Gasteiger partial charge in [0, 0.05) is 29.8 Å². The van der Waals surface area contributed by atoms with Crippen molar-refractivity contribution in [3.63, 3.8) is 0 Å². The molecule has 26 heavy (non-hydrogen) atoms. The third kappa shape index (κ3) is 4.14. The SMILES string of the molecule is C[C@H](NC(=O)CCc1c[nH]c2ccccc12)c1ccc(S(C)(=O)=O)cc1. The number of carbonyl (C=O) groups is 1. The van der Waals surface area contributed by atoms with Gasteiger partial charge in [0.25, 0.3) is 0 Å². The van der Waals surface area contributed by atoms with Gasteiger partial charge in [0.05, 0.1) is 10.9 Å². The zero-order valence-corrected chi connectivity index (χ0v) is 15.6. The Hall–Kier alpha value is -2.60. The van der Waals surface area contributed by atoms with E-state index >= 15 is 0 Å². The molecule has 0 saturated heterocycles. The number of rotatable bonds is 6. The molecule has 0 radical (unpaired) electrons. The number of aromatic nitrogens is 1. The fraction of sp³-hybridized carbons (Fsp3) is 0.250. The number of benzene rings is 2. The second kappa shape index (κ2) is 7.33. The zero-order chi connectivity index (χ0) is 18.7. The summed E-state index contributed by atoms with van der Waals surface area (Å²) >= 11 is 0. The van der Waals surface area contributed by atoms with Crippen molar-refractivity contribution in [2.75, 3.05) is 6.26 Å². The van der Waals surface area contributed by atoms with Crippen LogP contribution in [0.15, 0.2) is 59.6 Å². The van der Waals surface area contributed by atoms with Gasteiger partial charge in [-0.15, -0.1) is 0 Å². The maximum Gasteiger partial charge on any atom is 0.220 e. The lowest BCUT2D eigenvalue weighted by Crippen LogP contribution is -2.26. The van der Waals surface area contributed by atoms with Crippen LogP contribution in [-0.4, -0.2) is 25.6 Å². The predicted molar refractivity (Wildman–Crippen MR) is 103 cm³/mol. The Morgan fingerprint density at radius 2 is 1.81 bits per heavy atom. The summed E-state index contributed by atoms with van der Waals surface area (Å²) in [5.41, 5.74) is 3.07. The highest BCUT2D eigenvalue weighted by molar-refractivity contribution is 7.90. The number of hydrogen-bond acceptors (Lipinski definition) is 3. The van der Waals surface area contributed by atoms with Gasteiger partial charge in [-0.1, -0.05) is 30.3 Å². The van der Waals surface area contributed by atoms with Crippen molar-refractivity contribution in [2.45, 2.75) is 30.7 Å². The largest absolute Gasteiger partial charge is 0.361 e. The highest BCUT2D eigenvalue weighted by atomic mass is 32.2. The maximum atomic E-state index is 12.3. The second-order valence-corrected chi connectivity index (χ2v) is 8.51. The first-order valence-corrected chi connectivity index (χ1v) is 10.4. The number of aryl methyl sites for hydroxylation is 1. The van der Waals surface area contributed by atoms with Gasteiger partial charge in [0.2, 0.25) is 5.91 Å². The molecule has 0 aliphatic heterocycles. The molecule has 2 aromatic carbocycles. The number of hydrogen-bond donors (Lipinski definition) is 2. The van der Waals surface area contributed by atoms with Gasteiger partial charge in [-0.2, -0.15) is 0 Å². The van der Waals surface area contributed by atoms with Gasteiger partial charge in [-0.25, -0.2) is 8.42 Å². The molecule has 0 bridgehead atoms. The van der Waals surface area contributed by atoms with Crippen molar-refractivity contribution in [1.29, 1.82) is 0 Å². The van der Waals surface area contributed by atoms with E-state index in [0.29, 0.717) is 12.8 Å². The van der Waals surface area contributed by atoms with E-state index in [0.717, 1.165) is 22.0 Å². The topological polar surface area (TPSA) is 79.0 Å². The van der Waals surface area contributed by atoms with Gasteiger partial charge in [-0.3, -0.25) is 4.79 Å². The van der Waals surface area contributed by atoms with E-state index in [1.54, 1.807) is 24.3 Å². The Kier molecular flexibility index (Phi) is 5.13. The number of amides is 1. The Labute approximate surface area is 153 Å². The molecule has 3 rings (SSSR count). The minimum Gasteiger partial charge on any atom is -0.361 e. The molecule has 0 aliphatic carbocycles. The molecular weight excluding hydrogens is 348 g/mol. The van der Waals surface area contributed by atoms with Crippen molar-refractivity contribution in [3.8, 4) is 0 Å². The van der Waals surface area contributed by atoms with Crippen molar-refractivity contribution in [1.82, 2.24) is 10.3 Å². The van der Waals surface area contributed by atoms with Crippen LogP contribution in [-0.2, 0) is 21.1 Å².